The number of benzene rings is 1. The van der Waals surface area contributed by atoms with Gasteiger partial charge in [0.25, 0.3) is 0 Å². The second-order valence-electron chi connectivity index (χ2n) is 8.43. The zero-order valence-electron chi connectivity index (χ0n) is 18.0. The number of nitrogens with zero attached hydrogens (tertiary/aromatic N) is 1. The summed E-state index contributed by atoms with van der Waals surface area (Å²) in [6.45, 7) is 4.63. The van der Waals surface area contributed by atoms with E-state index in [-0.39, 0.29) is 28.9 Å². The molecule has 3 amide bonds. The number of hydrogen-bond donors (Lipinski definition) is 2. The van der Waals surface area contributed by atoms with Crippen molar-refractivity contribution in [2.24, 2.45) is 5.92 Å². The molecule has 0 radical (unpaired) electrons. The number of piperidine rings is 1. The molecule has 3 rings (SSSR count). The minimum absolute atomic E-state index is 0.0844. The molecular weight excluding hydrogens is 398 g/mol. The Kier molecular flexibility index (Phi) is 8.19. The predicted octanol–water partition coefficient (Wildman–Crippen LogP) is 3.81. The number of rotatable bonds is 6. The number of nitrogens with one attached hydrogen (secondary N) is 2. The highest BCUT2D eigenvalue weighted by molar-refractivity contribution is 8.00. The SMILES string of the molecule is CC(=O)Nc1ccc(SC(C)C(=O)N2CCCC(C(=O)NC3CCCCC3)C2)cc1. The van der Waals surface area contributed by atoms with E-state index in [1.165, 1.54) is 37.9 Å². The maximum absolute atomic E-state index is 13.0. The van der Waals surface area contributed by atoms with Crippen LogP contribution < -0.4 is 10.6 Å². The molecule has 0 bridgehead atoms. The fourth-order valence-corrected chi connectivity index (χ4v) is 5.24. The summed E-state index contributed by atoms with van der Waals surface area (Å²) in [7, 11) is 0. The average molecular weight is 432 g/mol. The molecule has 7 heteroatoms. The van der Waals surface area contributed by atoms with Gasteiger partial charge < -0.3 is 15.5 Å². The van der Waals surface area contributed by atoms with E-state index in [4.69, 9.17) is 0 Å². The molecule has 0 spiro atoms. The zero-order valence-corrected chi connectivity index (χ0v) is 18.8. The van der Waals surface area contributed by atoms with Crippen LogP contribution in [0.4, 0.5) is 5.69 Å². The van der Waals surface area contributed by atoms with Gasteiger partial charge in [0.2, 0.25) is 17.7 Å². The van der Waals surface area contributed by atoms with Gasteiger partial charge in [0.15, 0.2) is 0 Å². The van der Waals surface area contributed by atoms with Gasteiger partial charge in [-0.15, -0.1) is 11.8 Å². The number of carbonyl (C=O) groups is 3. The molecule has 1 aliphatic heterocycles. The first-order valence-corrected chi connectivity index (χ1v) is 11.9. The van der Waals surface area contributed by atoms with Crippen LogP contribution in [0.5, 0.6) is 0 Å². The van der Waals surface area contributed by atoms with Crippen molar-refractivity contribution in [1.29, 1.82) is 0 Å². The molecule has 2 aliphatic rings. The van der Waals surface area contributed by atoms with Crippen molar-refractivity contribution < 1.29 is 14.4 Å². The number of likely N-dealkylation sites (tertiary alicyclic amines) is 1. The van der Waals surface area contributed by atoms with Crippen LogP contribution in [0.1, 0.15) is 58.8 Å². The van der Waals surface area contributed by atoms with Gasteiger partial charge in [0, 0.05) is 36.6 Å². The van der Waals surface area contributed by atoms with Crippen molar-refractivity contribution in [2.75, 3.05) is 18.4 Å². The Morgan fingerprint density at radius 1 is 1.03 bits per heavy atom. The number of hydrogen-bond acceptors (Lipinski definition) is 4. The monoisotopic (exact) mass is 431 g/mol. The molecule has 2 fully saturated rings. The summed E-state index contributed by atoms with van der Waals surface area (Å²) in [6, 6.07) is 7.82. The Bertz CT molecular complexity index is 747. The Balaban J connectivity index is 1.51. The van der Waals surface area contributed by atoms with Crippen molar-refractivity contribution in [3.8, 4) is 0 Å². The molecule has 6 nitrogen and oxygen atoms in total. The van der Waals surface area contributed by atoms with Crippen molar-refractivity contribution in [3.63, 3.8) is 0 Å². The van der Waals surface area contributed by atoms with Crippen LogP contribution in [0.25, 0.3) is 0 Å². The molecule has 2 N–H and O–H groups in total. The van der Waals surface area contributed by atoms with E-state index in [0.29, 0.717) is 12.6 Å². The van der Waals surface area contributed by atoms with E-state index < -0.39 is 0 Å². The van der Waals surface area contributed by atoms with Gasteiger partial charge in [0.05, 0.1) is 11.2 Å². The summed E-state index contributed by atoms with van der Waals surface area (Å²) in [5, 5.41) is 5.74. The molecule has 164 valence electrons. The third-order valence-electron chi connectivity index (χ3n) is 5.89. The van der Waals surface area contributed by atoms with Gasteiger partial charge in [-0.2, -0.15) is 0 Å². The lowest BCUT2D eigenvalue weighted by molar-refractivity contribution is -0.135. The highest BCUT2D eigenvalue weighted by Crippen LogP contribution is 2.28. The zero-order chi connectivity index (χ0) is 21.5. The van der Waals surface area contributed by atoms with E-state index in [9.17, 15) is 14.4 Å². The van der Waals surface area contributed by atoms with Gasteiger partial charge in [-0.3, -0.25) is 14.4 Å². The van der Waals surface area contributed by atoms with Gasteiger partial charge in [-0.1, -0.05) is 19.3 Å². The molecule has 1 heterocycles. The molecule has 0 aromatic heterocycles. The highest BCUT2D eigenvalue weighted by Gasteiger charge is 2.31. The van der Waals surface area contributed by atoms with Crippen LogP contribution in [0.2, 0.25) is 0 Å². The van der Waals surface area contributed by atoms with Crippen molar-refractivity contribution in [3.05, 3.63) is 24.3 Å². The maximum Gasteiger partial charge on any atom is 0.235 e. The summed E-state index contributed by atoms with van der Waals surface area (Å²) in [6.07, 6.45) is 7.54. The van der Waals surface area contributed by atoms with Gasteiger partial charge in [0.1, 0.15) is 0 Å². The van der Waals surface area contributed by atoms with E-state index in [0.717, 1.165) is 42.8 Å². The molecule has 1 aromatic rings. The number of carbonyl (C=O) groups excluding carboxylic acids is 3. The Morgan fingerprint density at radius 2 is 1.73 bits per heavy atom. The third-order valence-corrected chi connectivity index (χ3v) is 6.99. The van der Waals surface area contributed by atoms with Crippen molar-refractivity contribution in [1.82, 2.24) is 10.2 Å². The van der Waals surface area contributed by atoms with E-state index in [1.54, 1.807) is 0 Å². The summed E-state index contributed by atoms with van der Waals surface area (Å²) < 4.78 is 0. The van der Waals surface area contributed by atoms with Gasteiger partial charge >= 0.3 is 0 Å². The predicted molar refractivity (Wildman–Crippen MR) is 120 cm³/mol. The number of thioether (sulfide) groups is 1. The number of anilines is 1. The molecule has 1 aromatic carbocycles. The molecule has 1 saturated heterocycles. The summed E-state index contributed by atoms with van der Waals surface area (Å²) in [5.74, 6) is -0.000685. The molecule has 2 atom stereocenters. The van der Waals surface area contributed by atoms with E-state index in [1.807, 2.05) is 36.1 Å². The normalized spacial score (nSPS) is 21.0. The van der Waals surface area contributed by atoms with Crippen LogP contribution in [0.3, 0.4) is 0 Å². The summed E-state index contributed by atoms with van der Waals surface area (Å²) in [5.41, 5.74) is 0.744. The maximum atomic E-state index is 13.0. The smallest absolute Gasteiger partial charge is 0.235 e. The molecular formula is C23H33N3O3S. The minimum atomic E-state index is -0.225. The summed E-state index contributed by atoms with van der Waals surface area (Å²) in [4.78, 5) is 39.7. The lowest BCUT2D eigenvalue weighted by Crippen LogP contribution is -2.49. The number of amides is 3. The quantitative estimate of drug-likeness (QED) is 0.672. The van der Waals surface area contributed by atoms with Crippen molar-refractivity contribution in [2.45, 2.75) is 75.0 Å². The third kappa shape index (κ3) is 6.49. The van der Waals surface area contributed by atoms with Crippen LogP contribution in [-0.2, 0) is 14.4 Å². The topological polar surface area (TPSA) is 78.5 Å². The van der Waals surface area contributed by atoms with Crippen LogP contribution >= 0.6 is 11.8 Å². The van der Waals surface area contributed by atoms with Crippen LogP contribution in [-0.4, -0.2) is 47.0 Å². The first-order chi connectivity index (χ1) is 14.4. The van der Waals surface area contributed by atoms with E-state index >= 15 is 0 Å². The van der Waals surface area contributed by atoms with E-state index in [2.05, 4.69) is 10.6 Å². The molecule has 1 aliphatic carbocycles. The first kappa shape index (κ1) is 22.7. The Hall–Kier alpha value is -2.02. The fourth-order valence-electron chi connectivity index (χ4n) is 4.29. The fraction of sp³-hybridized carbons (Fsp3) is 0.609. The molecule has 1 saturated carbocycles. The minimum Gasteiger partial charge on any atom is -0.353 e. The highest BCUT2D eigenvalue weighted by atomic mass is 32.2. The Labute approximate surface area is 183 Å². The second kappa shape index (κ2) is 10.8. The van der Waals surface area contributed by atoms with Crippen molar-refractivity contribution >= 4 is 35.2 Å². The van der Waals surface area contributed by atoms with Crippen LogP contribution in [0.15, 0.2) is 29.2 Å². The van der Waals surface area contributed by atoms with Gasteiger partial charge in [-0.25, -0.2) is 0 Å². The van der Waals surface area contributed by atoms with Crippen LogP contribution in [0, 0.1) is 5.92 Å². The van der Waals surface area contributed by atoms with Gasteiger partial charge in [-0.05, 0) is 56.9 Å². The second-order valence-corrected chi connectivity index (χ2v) is 9.85. The lowest BCUT2D eigenvalue weighted by Gasteiger charge is -2.34. The Morgan fingerprint density at radius 3 is 2.40 bits per heavy atom. The summed E-state index contributed by atoms with van der Waals surface area (Å²) >= 11 is 1.51. The molecule has 2 unspecified atom stereocenters. The molecule has 30 heavy (non-hydrogen) atoms. The first-order valence-electron chi connectivity index (χ1n) is 11.1. The standard InChI is InChI=1S/C23H33N3O3S/c1-16(30-21-12-10-20(11-13-21)24-17(2)27)23(29)26-14-6-7-18(15-26)22(28)25-19-8-4-3-5-9-19/h10-13,16,18-19H,3-9,14-15H2,1-2H3,(H,24,27)(H,25,28). The largest absolute Gasteiger partial charge is 0.353 e. The average Bonchev–Trinajstić information content (AvgIpc) is 2.75. The lowest BCUT2D eigenvalue weighted by atomic mass is 9.93.